The van der Waals surface area contributed by atoms with E-state index in [1.54, 1.807) is 0 Å². The molecule has 0 atom stereocenters. The van der Waals surface area contributed by atoms with Crippen molar-refractivity contribution in [3.8, 4) is 23.0 Å². The fourth-order valence-corrected chi connectivity index (χ4v) is 1.54. The number of hydrogen-bond acceptors (Lipinski definition) is 7. The second-order valence-electron chi connectivity index (χ2n) is 4.08. The summed E-state index contributed by atoms with van der Waals surface area (Å²) in [6.45, 7) is 0. The fraction of sp³-hybridized carbons (Fsp3) is 0. The van der Waals surface area contributed by atoms with Crippen LogP contribution in [0.2, 0.25) is 0 Å². The topological polar surface area (TPSA) is 124 Å². The minimum atomic E-state index is -1.12. The summed E-state index contributed by atoms with van der Waals surface area (Å²) in [4.78, 5) is 23.4. The van der Waals surface area contributed by atoms with Crippen LogP contribution in [0.5, 0.6) is 23.0 Å². The van der Waals surface area contributed by atoms with Gasteiger partial charge in [0.05, 0.1) is 5.56 Å². The van der Waals surface area contributed by atoms with Gasteiger partial charge in [-0.3, -0.25) is 0 Å². The molecule has 0 radical (unpaired) electrons. The number of carbonyl (C=O) groups excluding carboxylic acids is 2. The van der Waals surface area contributed by atoms with Crippen molar-refractivity contribution in [3.05, 3.63) is 47.5 Å². The van der Waals surface area contributed by atoms with E-state index in [1.807, 2.05) is 0 Å². The third kappa shape index (κ3) is 3.03. The zero-order chi connectivity index (χ0) is 15.6. The lowest BCUT2D eigenvalue weighted by atomic mass is 10.2. The standard InChI is InChI=1S/C14H10O7/c15-8-2-3-9(11(17)6-8)14(20)21-13(19)7-1-4-10(16)12(18)5-7/h1-6,15-18H. The normalized spacial score (nSPS) is 10.1. The number of hydrogen-bond donors (Lipinski definition) is 4. The van der Waals surface area contributed by atoms with Crippen LogP contribution in [-0.2, 0) is 4.74 Å². The summed E-state index contributed by atoms with van der Waals surface area (Å²) in [7, 11) is 0. The summed E-state index contributed by atoms with van der Waals surface area (Å²) >= 11 is 0. The zero-order valence-electron chi connectivity index (χ0n) is 10.5. The monoisotopic (exact) mass is 290 g/mol. The lowest BCUT2D eigenvalue weighted by Crippen LogP contribution is -2.12. The average Bonchev–Trinajstić information content (AvgIpc) is 2.41. The van der Waals surface area contributed by atoms with Gasteiger partial charge in [-0.05, 0) is 30.3 Å². The molecule has 0 heterocycles. The van der Waals surface area contributed by atoms with E-state index in [0.29, 0.717) is 0 Å². The lowest BCUT2D eigenvalue weighted by Gasteiger charge is -2.06. The van der Waals surface area contributed by atoms with Crippen LogP contribution >= 0.6 is 0 Å². The van der Waals surface area contributed by atoms with Crippen molar-refractivity contribution in [1.82, 2.24) is 0 Å². The molecule has 0 aliphatic carbocycles. The second kappa shape index (κ2) is 5.41. The molecule has 21 heavy (non-hydrogen) atoms. The van der Waals surface area contributed by atoms with E-state index in [9.17, 15) is 19.8 Å². The molecule has 0 saturated heterocycles. The predicted octanol–water partition coefficient (Wildman–Crippen LogP) is 1.51. The average molecular weight is 290 g/mol. The van der Waals surface area contributed by atoms with Crippen molar-refractivity contribution < 1.29 is 34.8 Å². The maximum atomic E-state index is 11.7. The highest BCUT2D eigenvalue weighted by Gasteiger charge is 2.19. The molecule has 0 unspecified atom stereocenters. The van der Waals surface area contributed by atoms with E-state index in [-0.39, 0.29) is 16.9 Å². The number of phenols is 4. The SMILES string of the molecule is O=C(OC(=O)c1ccc(O)cc1O)c1ccc(O)c(O)c1. The van der Waals surface area contributed by atoms with Gasteiger partial charge in [-0.1, -0.05) is 0 Å². The smallest absolute Gasteiger partial charge is 0.349 e. The van der Waals surface area contributed by atoms with Crippen LogP contribution in [0.3, 0.4) is 0 Å². The quantitative estimate of drug-likeness (QED) is 0.375. The number of rotatable bonds is 2. The molecule has 0 aliphatic heterocycles. The highest BCUT2D eigenvalue weighted by molar-refractivity contribution is 6.04. The number of phenolic OH excluding ortho intramolecular Hbond substituents is 4. The van der Waals surface area contributed by atoms with Crippen molar-refractivity contribution >= 4 is 11.9 Å². The van der Waals surface area contributed by atoms with Crippen LogP contribution in [0, 0.1) is 0 Å². The number of ether oxygens (including phenoxy) is 1. The molecule has 0 saturated carbocycles. The third-order valence-corrected chi connectivity index (χ3v) is 2.60. The maximum absolute atomic E-state index is 11.7. The molecule has 7 nitrogen and oxygen atoms in total. The van der Waals surface area contributed by atoms with Crippen molar-refractivity contribution in [3.63, 3.8) is 0 Å². The van der Waals surface area contributed by atoms with Crippen LogP contribution in [0.1, 0.15) is 20.7 Å². The first-order chi connectivity index (χ1) is 9.88. The van der Waals surface area contributed by atoms with Crippen LogP contribution in [0.15, 0.2) is 36.4 Å². The highest BCUT2D eigenvalue weighted by Crippen LogP contribution is 2.26. The molecule has 0 fully saturated rings. The summed E-state index contributed by atoms with van der Waals surface area (Å²) in [5.74, 6) is -3.94. The van der Waals surface area contributed by atoms with Gasteiger partial charge in [-0.2, -0.15) is 0 Å². The van der Waals surface area contributed by atoms with E-state index in [0.717, 1.165) is 36.4 Å². The largest absolute Gasteiger partial charge is 0.508 e. The summed E-state index contributed by atoms with van der Waals surface area (Å²) in [5.41, 5.74) is -0.457. The van der Waals surface area contributed by atoms with Gasteiger partial charge in [0.2, 0.25) is 0 Å². The van der Waals surface area contributed by atoms with Gasteiger partial charge in [0, 0.05) is 6.07 Å². The Hall–Kier alpha value is -3.22. The fourth-order valence-electron chi connectivity index (χ4n) is 1.54. The minimum absolute atomic E-state index is 0.156. The van der Waals surface area contributed by atoms with Crippen molar-refractivity contribution in [2.75, 3.05) is 0 Å². The van der Waals surface area contributed by atoms with Gasteiger partial charge < -0.3 is 25.2 Å². The van der Waals surface area contributed by atoms with Crippen molar-refractivity contribution in [2.45, 2.75) is 0 Å². The molecular weight excluding hydrogens is 280 g/mol. The molecule has 0 amide bonds. The molecule has 0 aromatic heterocycles. The van der Waals surface area contributed by atoms with Gasteiger partial charge in [-0.25, -0.2) is 9.59 Å². The number of benzene rings is 2. The molecular formula is C14H10O7. The molecule has 0 bridgehead atoms. The van der Waals surface area contributed by atoms with E-state index in [2.05, 4.69) is 4.74 Å². The second-order valence-corrected chi connectivity index (χ2v) is 4.08. The van der Waals surface area contributed by atoms with E-state index >= 15 is 0 Å². The summed E-state index contributed by atoms with van der Waals surface area (Å²) in [6.07, 6.45) is 0. The Morgan fingerprint density at radius 2 is 1.48 bits per heavy atom. The molecule has 4 N–H and O–H groups in total. The Morgan fingerprint density at radius 3 is 2.10 bits per heavy atom. The number of esters is 2. The van der Waals surface area contributed by atoms with Gasteiger partial charge in [0.1, 0.15) is 17.1 Å². The predicted molar refractivity (Wildman–Crippen MR) is 69.3 cm³/mol. The summed E-state index contributed by atoms with van der Waals surface area (Å²) < 4.78 is 4.53. The Balaban J connectivity index is 2.18. The first kappa shape index (κ1) is 14.2. The van der Waals surface area contributed by atoms with E-state index in [1.165, 1.54) is 0 Å². The molecule has 2 aromatic carbocycles. The van der Waals surface area contributed by atoms with Crippen LogP contribution < -0.4 is 0 Å². The molecule has 2 aromatic rings. The Labute approximate surface area is 118 Å². The molecule has 108 valence electrons. The Bertz CT molecular complexity index is 721. The van der Waals surface area contributed by atoms with Gasteiger partial charge in [0.15, 0.2) is 11.5 Å². The van der Waals surface area contributed by atoms with Gasteiger partial charge in [-0.15, -0.1) is 0 Å². The first-order valence-electron chi connectivity index (χ1n) is 5.69. The Kier molecular flexibility index (Phi) is 3.66. The van der Waals surface area contributed by atoms with Gasteiger partial charge >= 0.3 is 11.9 Å². The minimum Gasteiger partial charge on any atom is -0.508 e. The molecule has 7 heteroatoms. The van der Waals surface area contributed by atoms with Crippen molar-refractivity contribution in [2.24, 2.45) is 0 Å². The number of aromatic hydroxyl groups is 4. The van der Waals surface area contributed by atoms with Crippen molar-refractivity contribution in [1.29, 1.82) is 0 Å². The maximum Gasteiger partial charge on any atom is 0.349 e. The highest BCUT2D eigenvalue weighted by atomic mass is 16.6. The number of carbonyl (C=O) groups is 2. The van der Waals surface area contributed by atoms with Gasteiger partial charge in [0.25, 0.3) is 0 Å². The molecule has 0 aliphatic rings. The lowest BCUT2D eigenvalue weighted by molar-refractivity contribution is 0.0396. The zero-order valence-corrected chi connectivity index (χ0v) is 10.5. The molecule has 2 rings (SSSR count). The molecule has 0 spiro atoms. The van der Waals surface area contributed by atoms with Crippen LogP contribution in [0.25, 0.3) is 0 Å². The van der Waals surface area contributed by atoms with Crippen LogP contribution in [0.4, 0.5) is 0 Å². The third-order valence-electron chi connectivity index (χ3n) is 2.60. The van der Waals surface area contributed by atoms with Crippen LogP contribution in [-0.4, -0.2) is 32.4 Å². The first-order valence-corrected chi connectivity index (χ1v) is 5.69. The van der Waals surface area contributed by atoms with E-state index < -0.39 is 29.2 Å². The van der Waals surface area contributed by atoms with E-state index in [4.69, 9.17) is 10.2 Å². The summed E-state index contributed by atoms with van der Waals surface area (Å²) in [5, 5.41) is 37.0. The Morgan fingerprint density at radius 1 is 0.762 bits per heavy atom. The summed E-state index contributed by atoms with van der Waals surface area (Å²) in [6, 6.07) is 6.31.